The number of hydrogen-bond acceptors (Lipinski definition) is 3. The molecule has 1 rings (SSSR count). The van der Waals surface area contributed by atoms with Gasteiger partial charge in [-0.15, -0.1) is 0 Å². The molecular formula is C9H16N2O4. The van der Waals surface area contributed by atoms with Crippen molar-refractivity contribution in [2.45, 2.75) is 32.4 Å². The number of carboxylic acid groups (broad SMARTS) is 1. The van der Waals surface area contributed by atoms with Crippen molar-refractivity contribution in [1.29, 1.82) is 0 Å². The third-order valence-electron chi connectivity index (χ3n) is 1.87. The first-order valence-electron chi connectivity index (χ1n) is 4.75. The highest BCUT2D eigenvalue weighted by atomic mass is 16.6. The van der Waals surface area contributed by atoms with Crippen molar-refractivity contribution < 1.29 is 19.4 Å². The van der Waals surface area contributed by atoms with Crippen LogP contribution in [0.4, 0.5) is 9.59 Å². The van der Waals surface area contributed by atoms with Gasteiger partial charge in [-0.3, -0.25) is 0 Å². The molecule has 1 heterocycles. The number of hydrogen-bond donors (Lipinski definition) is 2. The average molecular weight is 216 g/mol. The summed E-state index contributed by atoms with van der Waals surface area (Å²) < 4.78 is 5.02. The van der Waals surface area contributed by atoms with E-state index in [1.165, 1.54) is 4.90 Å². The largest absolute Gasteiger partial charge is 0.465 e. The van der Waals surface area contributed by atoms with Crippen molar-refractivity contribution in [3.8, 4) is 0 Å². The summed E-state index contributed by atoms with van der Waals surface area (Å²) in [6.45, 7) is 5.98. The van der Waals surface area contributed by atoms with Gasteiger partial charge in [0.1, 0.15) is 5.60 Å². The van der Waals surface area contributed by atoms with Crippen molar-refractivity contribution in [2.24, 2.45) is 0 Å². The van der Waals surface area contributed by atoms with Gasteiger partial charge in [0, 0.05) is 13.1 Å². The van der Waals surface area contributed by atoms with E-state index in [0.717, 1.165) is 0 Å². The molecule has 0 atom stereocenters. The first-order chi connectivity index (χ1) is 6.78. The molecule has 2 N–H and O–H groups in total. The van der Waals surface area contributed by atoms with Gasteiger partial charge in [-0.2, -0.15) is 0 Å². The Morgan fingerprint density at radius 2 is 1.93 bits per heavy atom. The first kappa shape index (κ1) is 11.6. The lowest BCUT2D eigenvalue weighted by Gasteiger charge is -2.37. The standard InChI is InChI=1S/C9H16N2O4/c1-9(2,3)15-7(12)10-6-4-11(5-6)8(13)14/h6H,4-5H2,1-3H3,(H,10,12)(H,13,14). The summed E-state index contributed by atoms with van der Waals surface area (Å²) in [6, 6.07) is -0.129. The minimum absolute atomic E-state index is 0.129. The van der Waals surface area contributed by atoms with Crippen LogP contribution >= 0.6 is 0 Å². The molecule has 1 fully saturated rings. The Bertz CT molecular complexity index is 266. The van der Waals surface area contributed by atoms with Crippen LogP contribution in [-0.2, 0) is 4.74 Å². The summed E-state index contributed by atoms with van der Waals surface area (Å²) in [4.78, 5) is 22.9. The number of carbonyl (C=O) groups is 2. The van der Waals surface area contributed by atoms with E-state index >= 15 is 0 Å². The molecule has 0 aromatic rings. The van der Waals surface area contributed by atoms with Gasteiger partial charge in [-0.05, 0) is 20.8 Å². The van der Waals surface area contributed by atoms with E-state index in [4.69, 9.17) is 9.84 Å². The zero-order chi connectivity index (χ0) is 11.6. The molecular weight excluding hydrogens is 200 g/mol. The lowest BCUT2D eigenvalue weighted by atomic mass is 10.1. The fourth-order valence-corrected chi connectivity index (χ4v) is 1.20. The topological polar surface area (TPSA) is 78.9 Å². The highest BCUT2D eigenvalue weighted by molar-refractivity contribution is 5.70. The number of nitrogens with zero attached hydrogens (tertiary/aromatic N) is 1. The number of nitrogens with one attached hydrogen (secondary N) is 1. The van der Waals surface area contributed by atoms with Gasteiger partial charge in [0.25, 0.3) is 0 Å². The normalized spacial score (nSPS) is 16.9. The maximum atomic E-state index is 11.2. The van der Waals surface area contributed by atoms with E-state index in [9.17, 15) is 9.59 Å². The fraction of sp³-hybridized carbons (Fsp3) is 0.778. The first-order valence-corrected chi connectivity index (χ1v) is 4.75. The number of ether oxygens (including phenoxy) is 1. The Morgan fingerprint density at radius 3 is 2.33 bits per heavy atom. The van der Waals surface area contributed by atoms with Crippen molar-refractivity contribution in [2.75, 3.05) is 13.1 Å². The zero-order valence-corrected chi connectivity index (χ0v) is 9.11. The monoisotopic (exact) mass is 216 g/mol. The van der Waals surface area contributed by atoms with Crippen LogP contribution in [0, 0.1) is 0 Å². The van der Waals surface area contributed by atoms with Gasteiger partial charge in [0.05, 0.1) is 6.04 Å². The van der Waals surface area contributed by atoms with E-state index < -0.39 is 17.8 Å². The van der Waals surface area contributed by atoms with Crippen LogP contribution in [0.2, 0.25) is 0 Å². The third kappa shape index (κ3) is 3.65. The Balaban J connectivity index is 2.22. The Labute approximate surface area is 88.2 Å². The van der Waals surface area contributed by atoms with Crippen molar-refractivity contribution in [1.82, 2.24) is 10.2 Å². The number of amides is 2. The summed E-state index contributed by atoms with van der Waals surface area (Å²) in [5.74, 6) is 0. The summed E-state index contributed by atoms with van der Waals surface area (Å²) >= 11 is 0. The molecule has 2 amide bonds. The van der Waals surface area contributed by atoms with Crippen molar-refractivity contribution in [3.63, 3.8) is 0 Å². The quantitative estimate of drug-likeness (QED) is 0.681. The molecule has 0 aliphatic carbocycles. The lowest BCUT2D eigenvalue weighted by molar-refractivity contribution is 0.0400. The van der Waals surface area contributed by atoms with Crippen molar-refractivity contribution >= 4 is 12.2 Å². The predicted molar refractivity (Wildman–Crippen MR) is 52.8 cm³/mol. The summed E-state index contributed by atoms with van der Waals surface area (Å²) in [5.41, 5.74) is -0.527. The maximum absolute atomic E-state index is 11.2. The van der Waals surface area contributed by atoms with Gasteiger partial charge in [0.15, 0.2) is 0 Å². The predicted octanol–water partition coefficient (Wildman–Crippen LogP) is 0.873. The summed E-state index contributed by atoms with van der Waals surface area (Å²) in [6.07, 6.45) is -1.46. The van der Waals surface area contributed by atoms with E-state index in [0.29, 0.717) is 13.1 Å². The molecule has 0 saturated carbocycles. The third-order valence-corrected chi connectivity index (χ3v) is 1.87. The second-order valence-electron chi connectivity index (χ2n) is 4.53. The molecule has 6 nitrogen and oxygen atoms in total. The van der Waals surface area contributed by atoms with Crippen LogP contribution in [0.5, 0.6) is 0 Å². The molecule has 1 saturated heterocycles. The van der Waals surface area contributed by atoms with Crippen LogP contribution in [0.25, 0.3) is 0 Å². The highest BCUT2D eigenvalue weighted by Gasteiger charge is 2.32. The van der Waals surface area contributed by atoms with E-state index in [2.05, 4.69) is 5.32 Å². The van der Waals surface area contributed by atoms with E-state index in [1.807, 2.05) is 0 Å². The van der Waals surface area contributed by atoms with Crippen molar-refractivity contribution in [3.05, 3.63) is 0 Å². The number of carbonyl (C=O) groups excluding carboxylic acids is 1. The second-order valence-corrected chi connectivity index (χ2v) is 4.53. The lowest BCUT2D eigenvalue weighted by Crippen LogP contribution is -2.61. The molecule has 1 aliphatic rings. The molecule has 0 bridgehead atoms. The highest BCUT2D eigenvalue weighted by Crippen LogP contribution is 2.10. The zero-order valence-electron chi connectivity index (χ0n) is 9.11. The van der Waals surface area contributed by atoms with Gasteiger partial charge in [0.2, 0.25) is 0 Å². The Morgan fingerprint density at radius 1 is 1.40 bits per heavy atom. The van der Waals surface area contributed by atoms with Gasteiger partial charge in [-0.1, -0.05) is 0 Å². The maximum Gasteiger partial charge on any atom is 0.407 e. The SMILES string of the molecule is CC(C)(C)OC(=O)NC1CN(C(=O)O)C1. The molecule has 0 aromatic carbocycles. The van der Waals surface area contributed by atoms with Crippen LogP contribution in [0.3, 0.4) is 0 Å². The van der Waals surface area contributed by atoms with Crippen LogP contribution in [0.15, 0.2) is 0 Å². The number of rotatable bonds is 1. The van der Waals surface area contributed by atoms with E-state index in [-0.39, 0.29) is 6.04 Å². The molecule has 0 unspecified atom stereocenters. The van der Waals surface area contributed by atoms with Gasteiger partial charge in [-0.25, -0.2) is 9.59 Å². The van der Waals surface area contributed by atoms with Gasteiger partial charge < -0.3 is 20.1 Å². The number of alkyl carbamates (subject to hydrolysis) is 1. The molecule has 0 aromatic heterocycles. The molecule has 86 valence electrons. The van der Waals surface area contributed by atoms with Crippen LogP contribution < -0.4 is 5.32 Å². The minimum Gasteiger partial charge on any atom is -0.465 e. The molecule has 1 aliphatic heterocycles. The summed E-state index contributed by atoms with van der Waals surface area (Å²) in [7, 11) is 0. The van der Waals surface area contributed by atoms with Crippen LogP contribution in [0.1, 0.15) is 20.8 Å². The van der Waals surface area contributed by atoms with Gasteiger partial charge >= 0.3 is 12.2 Å². The molecule has 6 heteroatoms. The van der Waals surface area contributed by atoms with E-state index in [1.54, 1.807) is 20.8 Å². The Hall–Kier alpha value is -1.46. The number of likely N-dealkylation sites (tertiary alicyclic amines) is 1. The molecule has 0 radical (unpaired) electrons. The summed E-state index contributed by atoms with van der Waals surface area (Å²) in [5, 5.41) is 11.1. The molecule has 15 heavy (non-hydrogen) atoms. The smallest absolute Gasteiger partial charge is 0.407 e. The fourth-order valence-electron chi connectivity index (χ4n) is 1.20. The second kappa shape index (κ2) is 3.96. The molecule has 0 spiro atoms. The Kier molecular flexibility index (Phi) is 3.06. The van der Waals surface area contributed by atoms with Crippen LogP contribution in [-0.4, -0.2) is 46.9 Å². The minimum atomic E-state index is -0.961. The average Bonchev–Trinajstić information content (AvgIpc) is 1.91.